The van der Waals surface area contributed by atoms with E-state index in [2.05, 4.69) is 0 Å². The molecule has 0 aliphatic carbocycles. The molecule has 0 N–H and O–H groups in total. The topological polar surface area (TPSA) is 36.3 Å². The number of fused-ring (bicyclic) bond motifs is 1. The van der Waals surface area contributed by atoms with Gasteiger partial charge in [-0.2, -0.15) is 5.26 Å². The zero-order valence-electron chi connectivity index (χ0n) is 9.14. The molecule has 90 valence electrons. The van der Waals surface area contributed by atoms with Gasteiger partial charge in [-0.15, -0.1) is 0 Å². The summed E-state index contributed by atoms with van der Waals surface area (Å²) in [6, 6.07) is 7.62. The van der Waals surface area contributed by atoms with Gasteiger partial charge in [0, 0.05) is 12.1 Å². The minimum absolute atomic E-state index is 0.0211. The van der Waals surface area contributed by atoms with Crippen molar-refractivity contribution in [1.29, 1.82) is 5.26 Å². The van der Waals surface area contributed by atoms with Crippen molar-refractivity contribution in [3.63, 3.8) is 0 Å². The summed E-state index contributed by atoms with van der Waals surface area (Å²) in [7, 11) is 0. The SMILES string of the molecule is N#CCN1CCOc2ccccc2C1C(F)F. The van der Waals surface area contributed by atoms with Crippen LogP contribution in [0.3, 0.4) is 0 Å². The number of rotatable bonds is 2. The Kier molecular flexibility index (Phi) is 3.55. The lowest BCUT2D eigenvalue weighted by atomic mass is 10.0. The summed E-state index contributed by atoms with van der Waals surface area (Å²) in [6.45, 7) is 0.631. The van der Waals surface area contributed by atoms with Crippen LogP contribution in [0.1, 0.15) is 11.6 Å². The van der Waals surface area contributed by atoms with Gasteiger partial charge in [0.1, 0.15) is 18.4 Å². The Bertz CT molecular complexity index is 431. The van der Waals surface area contributed by atoms with E-state index in [0.29, 0.717) is 24.5 Å². The van der Waals surface area contributed by atoms with Gasteiger partial charge in [-0.25, -0.2) is 8.78 Å². The molecular weight excluding hydrogens is 226 g/mol. The van der Waals surface area contributed by atoms with Crippen molar-refractivity contribution in [2.75, 3.05) is 19.7 Å². The maximum Gasteiger partial charge on any atom is 0.258 e. The molecule has 1 aromatic carbocycles. The molecule has 0 saturated heterocycles. The molecule has 1 heterocycles. The van der Waals surface area contributed by atoms with Crippen LogP contribution in [0.2, 0.25) is 0 Å². The van der Waals surface area contributed by atoms with Gasteiger partial charge in [0.05, 0.1) is 12.6 Å². The monoisotopic (exact) mass is 238 g/mol. The molecule has 1 aliphatic heterocycles. The van der Waals surface area contributed by atoms with Crippen LogP contribution in [-0.2, 0) is 0 Å². The molecule has 0 fully saturated rings. The molecule has 17 heavy (non-hydrogen) atoms. The summed E-state index contributed by atoms with van der Waals surface area (Å²) >= 11 is 0. The third-order valence-electron chi connectivity index (χ3n) is 2.78. The minimum atomic E-state index is -2.54. The molecule has 1 unspecified atom stereocenters. The van der Waals surface area contributed by atoms with Gasteiger partial charge >= 0.3 is 0 Å². The normalized spacial score (nSPS) is 20.2. The Labute approximate surface area is 98.2 Å². The molecule has 0 bridgehead atoms. The largest absolute Gasteiger partial charge is 0.492 e. The fourth-order valence-electron chi connectivity index (χ4n) is 2.03. The van der Waals surface area contributed by atoms with Crippen molar-refractivity contribution >= 4 is 0 Å². The number of alkyl halides is 2. The van der Waals surface area contributed by atoms with Gasteiger partial charge < -0.3 is 4.74 Å². The maximum absolute atomic E-state index is 13.1. The third-order valence-corrected chi connectivity index (χ3v) is 2.78. The molecule has 1 atom stereocenters. The quantitative estimate of drug-likeness (QED) is 0.741. The second kappa shape index (κ2) is 5.11. The molecule has 1 aliphatic rings. The zero-order valence-corrected chi connectivity index (χ0v) is 9.14. The average molecular weight is 238 g/mol. The van der Waals surface area contributed by atoms with E-state index in [1.54, 1.807) is 24.3 Å². The molecule has 0 radical (unpaired) electrons. The Balaban J connectivity index is 2.40. The number of halogens is 2. The van der Waals surface area contributed by atoms with E-state index in [0.717, 1.165) is 0 Å². The number of ether oxygens (including phenoxy) is 1. The molecule has 2 rings (SSSR count). The Hall–Kier alpha value is -1.67. The second-order valence-electron chi connectivity index (χ2n) is 3.79. The van der Waals surface area contributed by atoms with Crippen molar-refractivity contribution in [2.24, 2.45) is 0 Å². The minimum Gasteiger partial charge on any atom is -0.492 e. The maximum atomic E-state index is 13.1. The number of hydrogen-bond acceptors (Lipinski definition) is 3. The van der Waals surface area contributed by atoms with Gasteiger partial charge in [-0.3, -0.25) is 4.90 Å². The fourth-order valence-corrected chi connectivity index (χ4v) is 2.03. The van der Waals surface area contributed by atoms with Gasteiger partial charge in [0.2, 0.25) is 0 Å². The highest BCUT2D eigenvalue weighted by molar-refractivity contribution is 5.37. The van der Waals surface area contributed by atoms with Crippen LogP contribution in [-0.4, -0.2) is 31.0 Å². The molecule has 0 spiro atoms. The van der Waals surface area contributed by atoms with Crippen LogP contribution >= 0.6 is 0 Å². The van der Waals surface area contributed by atoms with Crippen LogP contribution in [0, 0.1) is 11.3 Å². The lowest BCUT2D eigenvalue weighted by Crippen LogP contribution is -2.34. The molecule has 3 nitrogen and oxygen atoms in total. The summed E-state index contributed by atoms with van der Waals surface area (Å²) in [4.78, 5) is 1.45. The first kappa shape index (κ1) is 11.8. The molecule has 5 heteroatoms. The van der Waals surface area contributed by atoms with Gasteiger partial charge in [0.25, 0.3) is 6.43 Å². The Morgan fingerprint density at radius 1 is 1.47 bits per heavy atom. The van der Waals surface area contributed by atoms with Gasteiger partial charge in [0.15, 0.2) is 0 Å². The summed E-state index contributed by atoms with van der Waals surface area (Å²) in [6.07, 6.45) is -2.54. The number of nitriles is 1. The van der Waals surface area contributed by atoms with Crippen molar-refractivity contribution < 1.29 is 13.5 Å². The number of hydrogen-bond donors (Lipinski definition) is 0. The van der Waals surface area contributed by atoms with Crippen LogP contribution in [0.4, 0.5) is 8.78 Å². The van der Waals surface area contributed by atoms with E-state index in [9.17, 15) is 8.78 Å². The lowest BCUT2D eigenvalue weighted by Gasteiger charge is -2.26. The first-order chi connectivity index (χ1) is 8.24. The highest BCUT2D eigenvalue weighted by Crippen LogP contribution is 2.35. The van der Waals surface area contributed by atoms with E-state index in [4.69, 9.17) is 10.00 Å². The van der Waals surface area contributed by atoms with E-state index < -0.39 is 12.5 Å². The van der Waals surface area contributed by atoms with Crippen molar-refractivity contribution in [2.45, 2.75) is 12.5 Å². The summed E-state index contributed by atoms with van der Waals surface area (Å²) in [5.41, 5.74) is 0.454. The second-order valence-corrected chi connectivity index (χ2v) is 3.79. The first-order valence-electron chi connectivity index (χ1n) is 5.35. The molecule has 0 amide bonds. The van der Waals surface area contributed by atoms with Crippen molar-refractivity contribution in [3.8, 4) is 11.8 Å². The molecular formula is C12H12F2N2O. The van der Waals surface area contributed by atoms with E-state index in [-0.39, 0.29) is 6.54 Å². The number of benzene rings is 1. The van der Waals surface area contributed by atoms with Crippen LogP contribution < -0.4 is 4.74 Å². The summed E-state index contributed by atoms with van der Waals surface area (Å²) < 4.78 is 31.7. The zero-order chi connectivity index (χ0) is 12.3. The lowest BCUT2D eigenvalue weighted by molar-refractivity contribution is 0.0316. The predicted octanol–water partition coefficient (Wildman–Crippen LogP) is 2.21. The Morgan fingerprint density at radius 3 is 2.94 bits per heavy atom. The standard InChI is InChI=1S/C12H12F2N2O/c13-12(14)11-9-3-1-2-4-10(9)17-8-7-16(11)6-5-15/h1-4,11-12H,6-8H2. The third kappa shape index (κ3) is 2.37. The number of nitrogens with zero attached hydrogens (tertiary/aromatic N) is 2. The predicted molar refractivity (Wildman–Crippen MR) is 57.9 cm³/mol. The smallest absolute Gasteiger partial charge is 0.258 e. The highest BCUT2D eigenvalue weighted by Gasteiger charge is 2.33. The molecule has 1 aromatic rings. The molecule has 0 aromatic heterocycles. The van der Waals surface area contributed by atoms with Gasteiger partial charge in [-0.05, 0) is 6.07 Å². The van der Waals surface area contributed by atoms with E-state index in [1.165, 1.54) is 4.90 Å². The van der Waals surface area contributed by atoms with Crippen LogP contribution in [0.25, 0.3) is 0 Å². The fraction of sp³-hybridized carbons (Fsp3) is 0.417. The molecule has 0 saturated carbocycles. The first-order valence-corrected chi connectivity index (χ1v) is 5.35. The van der Waals surface area contributed by atoms with E-state index >= 15 is 0 Å². The summed E-state index contributed by atoms with van der Waals surface area (Å²) in [5, 5.41) is 8.68. The van der Waals surface area contributed by atoms with Gasteiger partial charge in [-0.1, -0.05) is 18.2 Å². The van der Waals surface area contributed by atoms with Crippen LogP contribution in [0.5, 0.6) is 5.75 Å². The highest BCUT2D eigenvalue weighted by atomic mass is 19.3. The van der Waals surface area contributed by atoms with E-state index in [1.807, 2.05) is 6.07 Å². The average Bonchev–Trinajstić information content (AvgIpc) is 2.48. The number of para-hydroxylation sites is 1. The van der Waals surface area contributed by atoms with Crippen LogP contribution in [0.15, 0.2) is 24.3 Å². The summed E-state index contributed by atoms with van der Waals surface area (Å²) in [5.74, 6) is 0.484. The van der Waals surface area contributed by atoms with Crippen molar-refractivity contribution in [3.05, 3.63) is 29.8 Å². The van der Waals surface area contributed by atoms with Crippen molar-refractivity contribution in [1.82, 2.24) is 4.90 Å². The Morgan fingerprint density at radius 2 is 2.24 bits per heavy atom.